The second kappa shape index (κ2) is 8.87. The highest BCUT2D eigenvalue weighted by atomic mass is 79.9. The van der Waals surface area contributed by atoms with Crippen molar-refractivity contribution in [3.05, 3.63) is 75.6 Å². The molecular formula is C19H17BrN2O4S2. The molecule has 1 amide bonds. The minimum Gasteiger partial charge on any atom is -0.456 e. The maximum atomic E-state index is 12.6. The van der Waals surface area contributed by atoms with Crippen molar-refractivity contribution < 1.29 is 17.9 Å². The number of rotatable bonds is 7. The van der Waals surface area contributed by atoms with Gasteiger partial charge in [-0.3, -0.25) is 4.79 Å². The molecule has 0 unspecified atom stereocenters. The standard InChI is InChI=1S/C19H17BrN2O4S2/c1-21-28(24,25)18-10-9-15(27-18)12-22-19(23)16-7-2-3-8-17(16)26-14-6-4-5-13(20)11-14/h2-11,21H,12H2,1H3,(H,22,23). The number of para-hydroxylation sites is 1. The summed E-state index contributed by atoms with van der Waals surface area (Å²) in [5.41, 5.74) is 0.391. The molecule has 9 heteroatoms. The van der Waals surface area contributed by atoms with Gasteiger partial charge in [0.1, 0.15) is 15.7 Å². The van der Waals surface area contributed by atoms with E-state index in [1.165, 1.54) is 13.1 Å². The van der Waals surface area contributed by atoms with Crippen molar-refractivity contribution in [1.82, 2.24) is 10.0 Å². The number of thiophene rings is 1. The highest BCUT2D eigenvalue weighted by molar-refractivity contribution is 9.10. The van der Waals surface area contributed by atoms with Crippen molar-refractivity contribution in [2.75, 3.05) is 7.05 Å². The largest absolute Gasteiger partial charge is 0.456 e. The predicted molar refractivity (Wildman–Crippen MR) is 112 cm³/mol. The molecule has 0 radical (unpaired) electrons. The Kier molecular flexibility index (Phi) is 6.50. The van der Waals surface area contributed by atoms with E-state index in [9.17, 15) is 13.2 Å². The summed E-state index contributed by atoms with van der Waals surface area (Å²) >= 11 is 4.50. The van der Waals surface area contributed by atoms with Gasteiger partial charge in [0.2, 0.25) is 10.0 Å². The third-order valence-electron chi connectivity index (χ3n) is 3.75. The van der Waals surface area contributed by atoms with Gasteiger partial charge in [-0.1, -0.05) is 34.1 Å². The highest BCUT2D eigenvalue weighted by Crippen LogP contribution is 2.27. The Labute approximate surface area is 175 Å². The molecule has 6 nitrogen and oxygen atoms in total. The summed E-state index contributed by atoms with van der Waals surface area (Å²) in [5, 5.41) is 2.80. The van der Waals surface area contributed by atoms with E-state index in [0.717, 1.165) is 20.7 Å². The van der Waals surface area contributed by atoms with Crippen molar-refractivity contribution in [2.24, 2.45) is 0 Å². The van der Waals surface area contributed by atoms with Crippen LogP contribution in [0.1, 0.15) is 15.2 Å². The third-order valence-corrected chi connectivity index (χ3v) is 7.23. The fourth-order valence-electron chi connectivity index (χ4n) is 2.36. The van der Waals surface area contributed by atoms with Crippen molar-refractivity contribution in [1.29, 1.82) is 0 Å². The first-order valence-electron chi connectivity index (χ1n) is 8.22. The number of carbonyl (C=O) groups excluding carboxylic acids is 1. The smallest absolute Gasteiger partial charge is 0.255 e. The summed E-state index contributed by atoms with van der Waals surface area (Å²) in [5.74, 6) is 0.731. The van der Waals surface area contributed by atoms with Crippen LogP contribution >= 0.6 is 27.3 Å². The first-order valence-corrected chi connectivity index (χ1v) is 11.3. The molecule has 0 saturated heterocycles. The molecular weight excluding hydrogens is 464 g/mol. The average Bonchev–Trinajstić information content (AvgIpc) is 3.16. The minimum absolute atomic E-state index is 0.206. The molecule has 0 aliphatic heterocycles. The number of nitrogens with one attached hydrogen (secondary N) is 2. The molecule has 3 aromatic rings. The van der Waals surface area contributed by atoms with Crippen LogP contribution in [0.2, 0.25) is 0 Å². The van der Waals surface area contributed by atoms with E-state index >= 15 is 0 Å². The third kappa shape index (κ3) is 4.99. The second-order valence-corrected chi connectivity index (χ2v) is 9.86. The lowest BCUT2D eigenvalue weighted by Gasteiger charge is -2.11. The molecule has 146 valence electrons. The van der Waals surface area contributed by atoms with Gasteiger partial charge in [0.15, 0.2) is 0 Å². The average molecular weight is 481 g/mol. The molecule has 3 rings (SSSR count). The minimum atomic E-state index is -3.48. The Morgan fingerprint density at radius 3 is 2.64 bits per heavy atom. The van der Waals surface area contributed by atoms with Crippen LogP contribution in [-0.4, -0.2) is 21.4 Å². The van der Waals surface area contributed by atoms with E-state index in [4.69, 9.17) is 4.74 Å². The van der Waals surface area contributed by atoms with Crippen LogP contribution in [0, 0.1) is 0 Å². The quantitative estimate of drug-likeness (QED) is 0.531. The zero-order valence-electron chi connectivity index (χ0n) is 14.8. The van der Waals surface area contributed by atoms with Crippen molar-refractivity contribution >= 4 is 43.2 Å². The molecule has 0 aliphatic carbocycles. The monoisotopic (exact) mass is 480 g/mol. The molecule has 28 heavy (non-hydrogen) atoms. The van der Waals surface area contributed by atoms with E-state index in [1.807, 2.05) is 18.2 Å². The molecule has 0 atom stereocenters. The first kappa shape index (κ1) is 20.5. The van der Waals surface area contributed by atoms with Gasteiger partial charge < -0.3 is 10.1 Å². The van der Waals surface area contributed by atoms with Crippen LogP contribution in [-0.2, 0) is 16.6 Å². The van der Waals surface area contributed by atoms with Gasteiger partial charge in [-0.2, -0.15) is 0 Å². The van der Waals surface area contributed by atoms with Gasteiger partial charge in [0.05, 0.1) is 12.1 Å². The van der Waals surface area contributed by atoms with Gasteiger partial charge in [0.25, 0.3) is 5.91 Å². The molecule has 0 aliphatic rings. The number of hydrogen-bond donors (Lipinski definition) is 2. The predicted octanol–water partition coefficient (Wildman–Crippen LogP) is 4.14. The van der Waals surface area contributed by atoms with E-state index in [0.29, 0.717) is 17.1 Å². The summed E-state index contributed by atoms with van der Waals surface area (Å²) in [6, 6.07) is 17.5. The van der Waals surface area contributed by atoms with E-state index in [1.54, 1.807) is 36.4 Å². The number of amides is 1. The van der Waals surface area contributed by atoms with E-state index in [2.05, 4.69) is 26.0 Å². The fraction of sp³-hybridized carbons (Fsp3) is 0.105. The Bertz CT molecular complexity index is 1100. The summed E-state index contributed by atoms with van der Waals surface area (Å²) in [6.45, 7) is 0.216. The molecule has 0 bridgehead atoms. The lowest BCUT2D eigenvalue weighted by Crippen LogP contribution is -2.22. The lowest BCUT2D eigenvalue weighted by atomic mass is 10.2. The molecule has 0 saturated carbocycles. The molecule has 0 spiro atoms. The SMILES string of the molecule is CNS(=O)(=O)c1ccc(CNC(=O)c2ccccc2Oc2cccc(Br)c2)s1. The Hall–Kier alpha value is -2.20. The number of ether oxygens (including phenoxy) is 1. The molecule has 1 aromatic heterocycles. The van der Waals surface area contributed by atoms with Gasteiger partial charge in [0, 0.05) is 9.35 Å². The highest BCUT2D eigenvalue weighted by Gasteiger charge is 2.16. The topological polar surface area (TPSA) is 84.5 Å². The zero-order valence-corrected chi connectivity index (χ0v) is 18.0. The Morgan fingerprint density at radius 1 is 1.11 bits per heavy atom. The number of halogens is 1. The van der Waals surface area contributed by atoms with Crippen molar-refractivity contribution in [3.8, 4) is 11.5 Å². The first-order chi connectivity index (χ1) is 13.4. The summed E-state index contributed by atoms with van der Waals surface area (Å²) < 4.78 is 32.8. The second-order valence-electron chi connectivity index (χ2n) is 5.67. The molecule has 0 fully saturated rings. The van der Waals surface area contributed by atoms with Crippen molar-refractivity contribution in [2.45, 2.75) is 10.8 Å². The Balaban J connectivity index is 1.71. The number of benzene rings is 2. The van der Waals surface area contributed by atoms with Crippen LogP contribution in [0.5, 0.6) is 11.5 Å². The summed E-state index contributed by atoms with van der Waals surface area (Å²) in [4.78, 5) is 13.4. The number of carbonyl (C=O) groups is 1. The van der Waals surface area contributed by atoms with Gasteiger partial charge in [-0.25, -0.2) is 13.1 Å². The van der Waals surface area contributed by atoms with Gasteiger partial charge in [-0.05, 0) is 49.5 Å². The summed E-state index contributed by atoms with van der Waals surface area (Å²) in [7, 11) is -2.12. The Morgan fingerprint density at radius 2 is 1.89 bits per heavy atom. The van der Waals surface area contributed by atoms with E-state index < -0.39 is 10.0 Å². The zero-order chi connectivity index (χ0) is 20.1. The van der Waals surface area contributed by atoms with Crippen molar-refractivity contribution in [3.63, 3.8) is 0 Å². The maximum Gasteiger partial charge on any atom is 0.255 e. The lowest BCUT2D eigenvalue weighted by molar-refractivity contribution is 0.0949. The van der Waals surface area contributed by atoms with Crippen LogP contribution in [0.25, 0.3) is 0 Å². The molecule has 1 heterocycles. The van der Waals surface area contributed by atoms with Gasteiger partial charge >= 0.3 is 0 Å². The number of hydrogen-bond acceptors (Lipinski definition) is 5. The fourth-order valence-corrected chi connectivity index (χ4v) is 4.87. The maximum absolute atomic E-state index is 12.6. The van der Waals surface area contributed by atoms with Crippen LogP contribution in [0.3, 0.4) is 0 Å². The van der Waals surface area contributed by atoms with Crippen LogP contribution < -0.4 is 14.8 Å². The molecule has 2 aromatic carbocycles. The normalized spacial score (nSPS) is 11.2. The van der Waals surface area contributed by atoms with Crippen LogP contribution in [0.4, 0.5) is 0 Å². The summed E-state index contributed by atoms with van der Waals surface area (Å²) in [6.07, 6.45) is 0. The van der Waals surface area contributed by atoms with Crippen LogP contribution in [0.15, 0.2) is 69.3 Å². The molecule has 2 N–H and O–H groups in total. The van der Waals surface area contributed by atoms with Gasteiger partial charge in [-0.15, -0.1) is 11.3 Å². The number of sulfonamides is 1. The van der Waals surface area contributed by atoms with E-state index in [-0.39, 0.29) is 16.7 Å².